The lowest BCUT2D eigenvalue weighted by Gasteiger charge is -2.17. The van der Waals surface area contributed by atoms with E-state index in [9.17, 15) is 9.59 Å². The molecule has 110 valence electrons. The monoisotopic (exact) mass is 274 g/mol. The van der Waals surface area contributed by atoms with Crippen LogP contribution in [0.15, 0.2) is 0 Å². The third-order valence-electron chi connectivity index (χ3n) is 3.03. The second-order valence-corrected chi connectivity index (χ2v) is 4.58. The van der Waals surface area contributed by atoms with Gasteiger partial charge in [-0.05, 0) is 19.8 Å². The molecule has 7 nitrogen and oxygen atoms in total. The molecule has 1 fully saturated rings. The van der Waals surface area contributed by atoms with Gasteiger partial charge in [0.2, 0.25) is 5.91 Å². The number of carboxylic acid groups (broad SMARTS) is 1. The first-order chi connectivity index (χ1) is 9.04. The van der Waals surface area contributed by atoms with Crippen LogP contribution in [0.4, 0.5) is 0 Å². The van der Waals surface area contributed by atoms with Gasteiger partial charge in [-0.15, -0.1) is 0 Å². The van der Waals surface area contributed by atoms with Gasteiger partial charge >= 0.3 is 5.97 Å². The molecule has 1 saturated heterocycles. The number of carbonyl (C=O) groups excluding carboxylic acids is 1. The second-order valence-electron chi connectivity index (χ2n) is 4.58. The molecule has 1 heterocycles. The van der Waals surface area contributed by atoms with Crippen molar-refractivity contribution in [2.75, 3.05) is 26.8 Å². The predicted octanol–water partition coefficient (Wildman–Crippen LogP) is -0.641. The Kier molecular flexibility index (Phi) is 6.75. The van der Waals surface area contributed by atoms with Crippen LogP contribution in [0.2, 0.25) is 0 Å². The minimum atomic E-state index is -0.923. The van der Waals surface area contributed by atoms with Crippen molar-refractivity contribution in [3.05, 3.63) is 0 Å². The number of carboxylic acids is 1. The van der Waals surface area contributed by atoms with Crippen molar-refractivity contribution in [1.29, 1.82) is 0 Å². The van der Waals surface area contributed by atoms with E-state index in [0.29, 0.717) is 32.5 Å². The van der Waals surface area contributed by atoms with Crippen LogP contribution in [0.5, 0.6) is 0 Å². The molecule has 1 rings (SSSR count). The van der Waals surface area contributed by atoms with E-state index in [0.717, 1.165) is 0 Å². The lowest BCUT2D eigenvalue weighted by molar-refractivity contribution is -0.149. The summed E-state index contributed by atoms with van der Waals surface area (Å²) in [5.74, 6) is -1.03. The van der Waals surface area contributed by atoms with Gasteiger partial charge < -0.3 is 25.2 Å². The highest BCUT2D eigenvalue weighted by atomic mass is 16.5. The van der Waals surface area contributed by atoms with E-state index in [-0.39, 0.29) is 18.1 Å². The molecule has 19 heavy (non-hydrogen) atoms. The fourth-order valence-electron chi connectivity index (χ4n) is 1.87. The molecular weight excluding hydrogens is 252 g/mol. The van der Waals surface area contributed by atoms with Crippen molar-refractivity contribution in [2.45, 2.75) is 38.0 Å². The molecule has 7 heteroatoms. The average Bonchev–Trinajstić information content (AvgIpc) is 2.85. The zero-order valence-electron chi connectivity index (χ0n) is 11.3. The molecule has 0 aromatic carbocycles. The first kappa shape index (κ1) is 15.9. The minimum absolute atomic E-state index is 0.107. The fourth-order valence-corrected chi connectivity index (χ4v) is 1.87. The van der Waals surface area contributed by atoms with Crippen molar-refractivity contribution in [3.63, 3.8) is 0 Å². The zero-order valence-corrected chi connectivity index (χ0v) is 11.3. The van der Waals surface area contributed by atoms with Crippen LogP contribution >= 0.6 is 0 Å². The quantitative estimate of drug-likeness (QED) is 0.509. The van der Waals surface area contributed by atoms with Crippen molar-refractivity contribution < 1.29 is 24.2 Å². The third kappa shape index (κ3) is 5.54. The molecule has 0 aromatic rings. The van der Waals surface area contributed by atoms with Crippen LogP contribution < -0.4 is 10.6 Å². The van der Waals surface area contributed by atoms with E-state index >= 15 is 0 Å². The topological polar surface area (TPSA) is 96.9 Å². The maximum absolute atomic E-state index is 11.6. The summed E-state index contributed by atoms with van der Waals surface area (Å²) in [6.45, 7) is 3.18. The van der Waals surface area contributed by atoms with E-state index in [1.54, 1.807) is 14.0 Å². The third-order valence-corrected chi connectivity index (χ3v) is 3.03. The highest BCUT2D eigenvalue weighted by Gasteiger charge is 2.30. The minimum Gasteiger partial charge on any atom is -0.479 e. The standard InChI is InChI=1S/C12H22N2O5/c1-8(11(15)13-5-6-18-2)14-7-9-3-4-10(19-9)12(16)17/h8-10,14H,3-7H2,1-2H3,(H,13,15)(H,16,17). The highest BCUT2D eigenvalue weighted by molar-refractivity contribution is 5.81. The van der Waals surface area contributed by atoms with Gasteiger partial charge in [0.25, 0.3) is 0 Å². The van der Waals surface area contributed by atoms with Crippen LogP contribution in [0.3, 0.4) is 0 Å². The van der Waals surface area contributed by atoms with Gasteiger partial charge in [-0.3, -0.25) is 4.79 Å². The summed E-state index contributed by atoms with van der Waals surface area (Å²) < 4.78 is 10.2. The smallest absolute Gasteiger partial charge is 0.332 e. The van der Waals surface area contributed by atoms with Crippen molar-refractivity contribution in [3.8, 4) is 0 Å². The first-order valence-corrected chi connectivity index (χ1v) is 6.43. The van der Waals surface area contributed by atoms with Crippen LogP contribution in [-0.4, -0.2) is 62.0 Å². The van der Waals surface area contributed by atoms with Crippen LogP contribution in [0.1, 0.15) is 19.8 Å². The molecule has 0 bridgehead atoms. The zero-order chi connectivity index (χ0) is 14.3. The molecule has 0 radical (unpaired) electrons. The summed E-state index contributed by atoms with van der Waals surface area (Å²) in [6.07, 6.45) is 0.367. The molecule has 0 spiro atoms. The number of ether oxygens (including phenoxy) is 2. The van der Waals surface area contributed by atoms with Crippen LogP contribution in [-0.2, 0) is 19.1 Å². The molecule has 1 amide bonds. The van der Waals surface area contributed by atoms with Crippen LogP contribution in [0, 0.1) is 0 Å². The molecule has 3 unspecified atom stereocenters. The Bertz CT molecular complexity index is 310. The van der Waals surface area contributed by atoms with E-state index in [2.05, 4.69) is 10.6 Å². The van der Waals surface area contributed by atoms with Crippen molar-refractivity contribution in [1.82, 2.24) is 10.6 Å². The Hall–Kier alpha value is -1.18. The van der Waals surface area contributed by atoms with Gasteiger partial charge in [0.15, 0.2) is 6.10 Å². The molecule has 1 aliphatic rings. The Morgan fingerprint density at radius 3 is 2.79 bits per heavy atom. The lowest BCUT2D eigenvalue weighted by Crippen LogP contribution is -2.45. The first-order valence-electron chi connectivity index (χ1n) is 6.43. The summed E-state index contributed by atoms with van der Waals surface area (Å²) in [6, 6.07) is -0.343. The number of methoxy groups -OCH3 is 1. The predicted molar refractivity (Wildman–Crippen MR) is 67.9 cm³/mol. The fraction of sp³-hybridized carbons (Fsp3) is 0.833. The summed E-state index contributed by atoms with van der Waals surface area (Å²) in [5.41, 5.74) is 0. The molecule has 0 aliphatic carbocycles. The Labute approximate surface area is 112 Å². The number of aliphatic carboxylic acids is 1. The lowest BCUT2D eigenvalue weighted by atomic mass is 10.2. The van der Waals surface area contributed by atoms with E-state index in [1.807, 2.05) is 0 Å². The Balaban J connectivity index is 2.18. The number of carbonyl (C=O) groups is 2. The Morgan fingerprint density at radius 2 is 2.21 bits per heavy atom. The molecule has 0 saturated carbocycles. The summed E-state index contributed by atoms with van der Waals surface area (Å²) >= 11 is 0. The van der Waals surface area contributed by atoms with E-state index < -0.39 is 12.1 Å². The van der Waals surface area contributed by atoms with Gasteiger partial charge in [0, 0.05) is 20.2 Å². The number of hydrogen-bond donors (Lipinski definition) is 3. The second kappa shape index (κ2) is 8.08. The normalized spacial score (nSPS) is 24.1. The van der Waals surface area contributed by atoms with Crippen molar-refractivity contribution in [2.24, 2.45) is 0 Å². The van der Waals surface area contributed by atoms with Gasteiger partial charge in [-0.25, -0.2) is 4.79 Å². The maximum Gasteiger partial charge on any atom is 0.332 e. The molecule has 0 aromatic heterocycles. The molecule has 1 aliphatic heterocycles. The van der Waals surface area contributed by atoms with E-state index in [1.165, 1.54) is 0 Å². The van der Waals surface area contributed by atoms with E-state index in [4.69, 9.17) is 14.6 Å². The SMILES string of the molecule is COCCNC(=O)C(C)NCC1CCC(C(=O)O)O1. The maximum atomic E-state index is 11.6. The van der Waals surface area contributed by atoms with Crippen LogP contribution in [0.25, 0.3) is 0 Å². The Morgan fingerprint density at radius 1 is 1.47 bits per heavy atom. The number of amides is 1. The number of hydrogen-bond acceptors (Lipinski definition) is 5. The highest BCUT2D eigenvalue weighted by Crippen LogP contribution is 2.19. The van der Waals surface area contributed by atoms with Crippen molar-refractivity contribution >= 4 is 11.9 Å². The average molecular weight is 274 g/mol. The largest absolute Gasteiger partial charge is 0.479 e. The molecular formula is C12H22N2O5. The number of rotatable bonds is 8. The van der Waals surface area contributed by atoms with Gasteiger partial charge in [0.1, 0.15) is 0 Å². The molecule has 3 N–H and O–H groups in total. The summed E-state index contributed by atoms with van der Waals surface area (Å²) in [7, 11) is 1.57. The summed E-state index contributed by atoms with van der Waals surface area (Å²) in [4.78, 5) is 22.3. The number of nitrogens with one attached hydrogen (secondary N) is 2. The van der Waals surface area contributed by atoms with Gasteiger partial charge in [0.05, 0.1) is 18.8 Å². The van der Waals surface area contributed by atoms with Gasteiger partial charge in [-0.1, -0.05) is 0 Å². The summed E-state index contributed by atoms with van der Waals surface area (Å²) in [5, 5.41) is 14.6. The molecule has 3 atom stereocenters. The van der Waals surface area contributed by atoms with Gasteiger partial charge in [-0.2, -0.15) is 0 Å².